The van der Waals surface area contributed by atoms with Crippen LogP contribution in [0.15, 0.2) is 41.2 Å². The van der Waals surface area contributed by atoms with Gasteiger partial charge in [0.25, 0.3) is 5.56 Å². The van der Waals surface area contributed by atoms with Crippen LogP contribution in [0.2, 0.25) is 0 Å². The maximum absolute atomic E-state index is 13.1. The van der Waals surface area contributed by atoms with Crippen LogP contribution in [0.1, 0.15) is 65.7 Å². The molecular formula is C23H26ClN3O4. The summed E-state index contributed by atoms with van der Waals surface area (Å²) in [5.74, 6) is -0.926. The summed E-state index contributed by atoms with van der Waals surface area (Å²) in [4.78, 5) is 38.0. The van der Waals surface area contributed by atoms with Crippen LogP contribution in [0, 0.1) is 6.92 Å². The van der Waals surface area contributed by atoms with E-state index < -0.39 is 23.1 Å². The number of aryl methyl sites for hydroxylation is 1. The fourth-order valence-corrected chi connectivity index (χ4v) is 4.01. The Balaban J connectivity index is 2.10. The molecule has 0 saturated heterocycles. The zero-order chi connectivity index (χ0) is 22.9. The first kappa shape index (κ1) is 22.6. The largest absolute Gasteiger partial charge is 0.478 e. The first-order valence-electron chi connectivity index (χ1n) is 10.2. The molecule has 3 aromatic rings. The highest BCUT2D eigenvalue weighted by Crippen LogP contribution is 2.26. The van der Waals surface area contributed by atoms with Crippen molar-refractivity contribution in [2.45, 2.75) is 52.1 Å². The second kappa shape index (κ2) is 8.98. The van der Waals surface area contributed by atoms with E-state index in [4.69, 9.17) is 11.6 Å². The first-order valence-corrected chi connectivity index (χ1v) is 10.6. The maximum atomic E-state index is 13.1. The number of carbonyl (C=O) groups excluding carboxylic acids is 1. The van der Waals surface area contributed by atoms with Gasteiger partial charge in [0.05, 0.1) is 16.5 Å². The summed E-state index contributed by atoms with van der Waals surface area (Å²) in [7, 11) is 0. The van der Waals surface area contributed by atoms with E-state index in [1.165, 1.54) is 22.9 Å². The van der Waals surface area contributed by atoms with Crippen molar-refractivity contribution in [2.75, 3.05) is 0 Å². The van der Waals surface area contributed by atoms with Crippen molar-refractivity contribution in [3.63, 3.8) is 0 Å². The van der Waals surface area contributed by atoms with Crippen LogP contribution in [0.3, 0.4) is 0 Å². The molecule has 2 aromatic carbocycles. The van der Waals surface area contributed by atoms with Gasteiger partial charge in [0.2, 0.25) is 0 Å². The van der Waals surface area contributed by atoms with Crippen LogP contribution < -0.4 is 10.9 Å². The number of hydrogen-bond donors (Lipinski definition) is 2. The number of amides is 1. The molecule has 2 N–H and O–H groups in total. The van der Waals surface area contributed by atoms with E-state index in [-0.39, 0.29) is 28.9 Å². The molecule has 0 saturated carbocycles. The van der Waals surface area contributed by atoms with Crippen LogP contribution in [-0.4, -0.2) is 26.5 Å². The molecule has 1 atom stereocenters. The molecule has 0 radical (unpaired) electrons. The Morgan fingerprint density at radius 1 is 1.16 bits per heavy atom. The van der Waals surface area contributed by atoms with Gasteiger partial charge in [-0.05, 0) is 48.1 Å². The molecule has 0 spiro atoms. The molecule has 0 bridgehead atoms. The first-order chi connectivity index (χ1) is 14.7. The summed E-state index contributed by atoms with van der Waals surface area (Å²) < 4.78 is 2.19. The van der Waals surface area contributed by atoms with Gasteiger partial charge in [0, 0.05) is 6.54 Å². The van der Waals surface area contributed by atoms with Gasteiger partial charge in [0.15, 0.2) is 0 Å². The number of halogens is 1. The lowest BCUT2D eigenvalue weighted by Crippen LogP contribution is -2.39. The fraction of sp³-hybridized carbons (Fsp3) is 0.348. The minimum atomic E-state index is -1.20. The van der Waals surface area contributed by atoms with Gasteiger partial charge in [-0.2, -0.15) is 4.68 Å². The van der Waals surface area contributed by atoms with E-state index in [0.29, 0.717) is 6.42 Å². The lowest BCUT2D eigenvalue weighted by Gasteiger charge is -2.19. The van der Waals surface area contributed by atoms with Gasteiger partial charge in [-0.15, -0.1) is 0 Å². The quantitative estimate of drug-likeness (QED) is 0.533. The summed E-state index contributed by atoms with van der Waals surface area (Å²) >= 11 is 6.45. The molecule has 31 heavy (non-hydrogen) atoms. The van der Waals surface area contributed by atoms with Crippen molar-refractivity contribution < 1.29 is 14.7 Å². The van der Waals surface area contributed by atoms with Crippen molar-refractivity contribution in [1.82, 2.24) is 14.7 Å². The predicted octanol–water partition coefficient (Wildman–Crippen LogP) is 4.84. The van der Waals surface area contributed by atoms with Crippen LogP contribution in [0.25, 0.3) is 10.9 Å². The number of aromatic nitrogens is 2. The van der Waals surface area contributed by atoms with Crippen LogP contribution in [-0.2, 0) is 6.54 Å². The molecule has 8 heteroatoms. The topological polar surface area (TPSA) is 93.3 Å². The summed E-state index contributed by atoms with van der Waals surface area (Å²) in [5.41, 5.74) is 1.81. The van der Waals surface area contributed by atoms with Gasteiger partial charge >= 0.3 is 12.0 Å². The zero-order valence-corrected chi connectivity index (χ0v) is 18.7. The van der Waals surface area contributed by atoms with Crippen molar-refractivity contribution >= 4 is 34.5 Å². The lowest BCUT2D eigenvalue weighted by molar-refractivity contribution is 0.0698. The minimum absolute atomic E-state index is 0.0822. The van der Waals surface area contributed by atoms with Crippen molar-refractivity contribution in [3.05, 3.63) is 69.0 Å². The molecule has 3 rings (SSSR count). The Hall–Kier alpha value is -3.06. The molecule has 0 aliphatic rings. The Kier molecular flexibility index (Phi) is 6.55. The average molecular weight is 444 g/mol. The second-order valence-electron chi connectivity index (χ2n) is 7.77. The molecule has 1 heterocycles. The van der Waals surface area contributed by atoms with Crippen LogP contribution in [0.5, 0.6) is 0 Å². The standard InChI is InChI=1S/C23H26ClN3O4/c1-5-19(24)26-20-16(10-7-11-17(20)22(29)30)21(28)27(26)23(31)25-12-18-14(4)8-6-9-15(18)13(2)3/h6-11,13,19H,5,12H2,1-4H3,(H,25,31)(H,29,30). The molecule has 0 aliphatic heterocycles. The van der Waals surface area contributed by atoms with E-state index in [2.05, 4.69) is 19.2 Å². The molecule has 1 unspecified atom stereocenters. The molecular weight excluding hydrogens is 418 g/mol. The van der Waals surface area contributed by atoms with E-state index in [9.17, 15) is 19.5 Å². The molecule has 0 fully saturated rings. The fourth-order valence-electron chi connectivity index (χ4n) is 3.82. The number of carbonyl (C=O) groups is 2. The number of carboxylic acid groups (broad SMARTS) is 1. The zero-order valence-electron chi connectivity index (χ0n) is 18.0. The number of para-hydroxylation sites is 1. The third-order valence-corrected chi connectivity index (χ3v) is 5.91. The molecule has 1 aromatic heterocycles. The Bertz CT molecular complexity index is 1210. The van der Waals surface area contributed by atoms with Gasteiger partial charge < -0.3 is 10.4 Å². The molecule has 1 amide bonds. The number of hydrogen-bond acceptors (Lipinski definition) is 3. The number of aromatic carboxylic acids is 1. The van der Waals surface area contributed by atoms with E-state index in [1.807, 2.05) is 25.1 Å². The second-order valence-corrected chi connectivity index (χ2v) is 8.27. The van der Waals surface area contributed by atoms with Gasteiger partial charge in [-0.1, -0.05) is 56.6 Å². The van der Waals surface area contributed by atoms with Gasteiger partial charge in [-0.3, -0.25) is 9.48 Å². The highest BCUT2D eigenvalue weighted by molar-refractivity contribution is 6.19. The van der Waals surface area contributed by atoms with Crippen LogP contribution in [0.4, 0.5) is 4.79 Å². The van der Waals surface area contributed by atoms with E-state index in [1.54, 1.807) is 6.92 Å². The summed E-state index contributed by atoms with van der Waals surface area (Å²) in [6.45, 7) is 8.16. The third kappa shape index (κ3) is 4.10. The lowest BCUT2D eigenvalue weighted by atomic mass is 9.94. The number of nitrogens with one attached hydrogen (secondary N) is 1. The Morgan fingerprint density at radius 2 is 1.84 bits per heavy atom. The smallest absolute Gasteiger partial charge is 0.344 e. The summed E-state index contributed by atoms with van der Waals surface area (Å²) in [6, 6.07) is 9.69. The third-order valence-electron chi connectivity index (χ3n) is 5.41. The highest BCUT2D eigenvalue weighted by Gasteiger charge is 2.26. The maximum Gasteiger partial charge on any atom is 0.344 e. The number of carboxylic acids is 1. The number of fused-ring (bicyclic) bond motifs is 1. The normalized spacial score (nSPS) is 12.3. The molecule has 164 valence electrons. The van der Waals surface area contributed by atoms with Gasteiger partial charge in [0.1, 0.15) is 5.50 Å². The summed E-state index contributed by atoms with van der Waals surface area (Å²) in [6.07, 6.45) is 0.390. The average Bonchev–Trinajstić information content (AvgIpc) is 3.04. The number of alkyl halides is 1. The van der Waals surface area contributed by atoms with Crippen molar-refractivity contribution in [3.8, 4) is 0 Å². The predicted molar refractivity (Wildman–Crippen MR) is 121 cm³/mol. The minimum Gasteiger partial charge on any atom is -0.478 e. The van der Waals surface area contributed by atoms with Crippen molar-refractivity contribution in [1.29, 1.82) is 0 Å². The van der Waals surface area contributed by atoms with E-state index in [0.717, 1.165) is 21.4 Å². The number of nitrogens with zero attached hydrogens (tertiary/aromatic N) is 2. The highest BCUT2D eigenvalue weighted by atomic mass is 35.5. The van der Waals surface area contributed by atoms with Gasteiger partial charge in [-0.25, -0.2) is 9.59 Å². The molecule has 0 aliphatic carbocycles. The monoisotopic (exact) mass is 443 g/mol. The number of benzene rings is 2. The summed E-state index contributed by atoms with van der Waals surface area (Å²) in [5, 5.41) is 12.5. The molecule has 7 nitrogen and oxygen atoms in total. The van der Waals surface area contributed by atoms with Crippen molar-refractivity contribution in [2.24, 2.45) is 0 Å². The number of rotatable bonds is 6. The Labute approximate surface area is 185 Å². The Morgan fingerprint density at radius 3 is 2.45 bits per heavy atom. The van der Waals surface area contributed by atoms with E-state index >= 15 is 0 Å². The SMILES string of the molecule is CCC(Cl)n1c2c(C(=O)O)cccc2c(=O)n1C(=O)NCc1c(C)cccc1C(C)C. The van der Waals surface area contributed by atoms with Crippen LogP contribution >= 0.6 is 11.6 Å².